The molecule has 0 nitrogen and oxygen atoms in total. The van der Waals surface area contributed by atoms with Crippen LogP contribution in [0.4, 0.5) is 0 Å². The Hall–Kier alpha value is -3.90. The Morgan fingerprint density at radius 2 is 0.818 bits per heavy atom. The first-order valence-corrected chi connectivity index (χ1v) is 11.7. The molecule has 5 aromatic rings. The lowest BCUT2D eigenvalue weighted by molar-refractivity contribution is 1.15. The maximum atomic E-state index is 2.40. The van der Waals surface area contributed by atoms with Gasteiger partial charge in [-0.2, -0.15) is 0 Å². The van der Waals surface area contributed by atoms with Crippen molar-refractivity contribution in [3.8, 4) is 33.4 Å². The second-order valence-electron chi connectivity index (χ2n) is 9.06. The third-order valence-electron chi connectivity index (χ3n) is 6.88. The van der Waals surface area contributed by atoms with Crippen molar-refractivity contribution in [3.63, 3.8) is 0 Å². The average Bonchev–Trinajstić information content (AvgIpc) is 2.86. The number of hydrogen-bond donors (Lipinski definition) is 0. The van der Waals surface area contributed by atoms with Gasteiger partial charge < -0.3 is 0 Å². The number of rotatable bonds is 1. The van der Waals surface area contributed by atoms with Gasteiger partial charge in [0, 0.05) is 0 Å². The summed E-state index contributed by atoms with van der Waals surface area (Å²) in [6.45, 7) is 2.14. The van der Waals surface area contributed by atoms with Crippen molar-refractivity contribution in [1.82, 2.24) is 0 Å². The van der Waals surface area contributed by atoms with Gasteiger partial charge >= 0.3 is 0 Å². The van der Waals surface area contributed by atoms with E-state index in [-0.39, 0.29) is 0 Å². The fraction of sp³-hybridized carbons (Fsp3) is 0.0909. The van der Waals surface area contributed by atoms with Crippen LogP contribution in [0.5, 0.6) is 0 Å². The first-order valence-electron chi connectivity index (χ1n) is 11.7. The zero-order valence-electron chi connectivity index (χ0n) is 18.9. The van der Waals surface area contributed by atoms with Gasteiger partial charge in [-0.15, -0.1) is 0 Å². The predicted octanol–water partition coefficient (Wildman–Crippen LogP) is 8.49. The standard InChI is InChI=1S/C33H26/c1-23-14-16-24(17-15-23)25-18-19-33-29(20-25)22-28-10-4-6-12-31(28)30-11-5-2-8-26(30)21-27-9-3-7-13-32(27)33/h2-20H,21-22H2,1H3. The molecule has 5 aromatic carbocycles. The van der Waals surface area contributed by atoms with E-state index >= 15 is 0 Å². The van der Waals surface area contributed by atoms with Gasteiger partial charge in [0.15, 0.2) is 0 Å². The van der Waals surface area contributed by atoms with Gasteiger partial charge in [-0.05, 0) is 75.4 Å². The lowest BCUT2D eigenvalue weighted by Crippen LogP contribution is -2.02. The SMILES string of the molecule is Cc1ccc(-c2ccc3c(c2)Cc2ccccc2-c2ccccc2Cc2ccccc2-3)cc1. The van der Waals surface area contributed by atoms with Gasteiger partial charge in [-0.25, -0.2) is 0 Å². The van der Waals surface area contributed by atoms with Crippen molar-refractivity contribution < 1.29 is 0 Å². The molecule has 33 heavy (non-hydrogen) atoms. The number of hydrogen-bond acceptors (Lipinski definition) is 0. The van der Waals surface area contributed by atoms with Crippen molar-refractivity contribution in [2.24, 2.45) is 0 Å². The molecule has 0 atom stereocenters. The van der Waals surface area contributed by atoms with E-state index in [1.807, 2.05) is 0 Å². The maximum absolute atomic E-state index is 2.40. The predicted molar refractivity (Wildman–Crippen MR) is 140 cm³/mol. The summed E-state index contributed by atoms with van der Waals surface area (Å²) in [5, 5.41) is 0. The Kier molecular flexibility index (Phi) is 4.92. The molecular weight excluding hydrogens is 396 g/mol. The van der Waals surface area contributed by atoms with Crippen molar-refractivity contribution in [3.05, 3.63) is 143 Å². The molecule has 0 amide bonds. The lowest BCUT2D eigenvalue weighted by atomic mass is 9.83. The molecule has 0 saturated heterocycles. The number of fused-ring (bicyclic) bond motifs is 6. The summed E-state index contributed by atoms with van der Waals surface area (Å²) in [6, 6.07) is 42.6. The van der Waals surface area contributed by atoms with Gasteiger partial charge in [0.1, 0.15) is 0 Å². The minimum atomic E-state index is 0.911. The minimum Gasteiger partial charge on any atom is -0.0619 e. The normalized spacial score (nSPS) is 12.2. The van der Waals surface area contributed by atoms with Crippen molar-refractivity contribution in [2.45, 2.75) is 19.8 Å². The highest BCUT2D eigenvalue weighted by atomic mass is 14.2. The topological polar surface area (TPSA) is 0 Å². The molecule has 1 aliphatic carbocycles. The van der Waals surface area contributed by atoms with E-state index in [1.165, 1.54) is 61.2 Å². The molecule has 6 rings (SSSR count). The van der Waals surface area contributed by atoms with Crippen molar-refractivity contribution in [2.75, 3.05) is 0 Å². The molecule has 0 fully saturated rings. The Bertz CT molecular complexity index is 1450. The van der Waals surface area contributed by atoms with Crippen LogP contribution in [0.2, 0.25) is 0 Å². The van der Waals surface area contributed by atoms with E-state index in [0.717, 1.165) is 12.8 Å². The first-order chi connectivity index (χ1) is 16.3. The van der Waals surface area contributed by atoms with Crippen LogP contribution < -0.4 is 0 Å². The zero-order valence-corrected chi connectivity index (χ0v) is 18.9. The third-order valence-corrected chi connectivity index (χ3v) is 6.88. The average molecular weight is 423 g/mol. The van der Waals surface area contributed by atoms with E-state index < -0.39 is 0 Å². The number of aryl methyl sites for hydroxylation is 1. The highest BCUT2D eigenvalue weighted by molar-refractivity contribution is 5.79. The number of benzene rings is 5. The molecule has 0 heterocycles. The Balaban J connectivity index is 1.60. The van der Waals surface area contributed by atoms with Crippen LogP contribution in [0.15, 0.2) is 115 Å². The van der Waals surface area contributed by atoms with Crippen molar-refractivity contribution in [1.29, 1.82) is 0 Å². The smallest absolute Gasteiger partial charge is 0.00132 e. The van der Waals surface area contributed by atoms with Gasteiger partial charge in [0.25, 0.3) is 0 Å². The van der Waals surface area contributed by atoms with Crippen LogP contribution in [0.1, 0.15) is 27.8 Å². The van der Waals surface area contributed by atoms with Gasteiger partial charge in [-0.1, -0.05) is 121 Å². The molecule has 0 aromatic heterocycles. The molecule has 0 bridgehead atoms. The van der Waals surface area contributed by atoms with E-state index in [0.29, 0.717) is 0 Å². The molecule has 0 spiro atoms. The quantitative estimate of drug-likeness (QED) is 0.249. The van der Waals surface area contributed by atoms with Gasteiger partial charge in [-0.3, -0.25) is 0 Å². The summed E-state index contributed by atoms with van der Waals surface area (Å²) in [7, 11) is 0. The fourth-order valence-electron chi connectivity index (χ4n) is 5.15. The highest BCUT2D eigenvalue weighted by Crippen LogP contribution is 2.38. The summed E-state index contributed by atoms with van der Waals surface area (Å²) in [5.74, 6) is 0. The maximum Gasteiger partial charge on any atom is -0.00132 e. The lowest BCUT2D eigenvalue weighted by Gasteiger charge is -2.21. The summed E-state index contributed by atoms with van der Waals surface area (Å²) in [5.41, 5.74) is 14.8. The monoisotopic (exact) mass is 422 g/mol. The molecule has 0 saturated carbocycles. The van der Waals surface area contributed by atoms with Crippen LogP contribution in [0, 0.1) is 6.92 Å². The fourth-order valence-corrected chi connectivity index (χ4v) is 5.15. The van der Waals surface area contributed by atoms with Crippen LogP contribution in [0.3, 0.4) is 0 Å². The zero-order chi connectivity index (χ0) is 22.2. The molecule has 1 aliphatic rings. The van der Waals surface area contributed by atoms with Gasteiger partial charge in [0.05, 0.1) is 0 Å². The van der Waals surface area contributed by atoms with E-state index in [1.54, 1.807) is 0 Å². The minimum absolute atomic E-state index is 0.911. The van der Waals surface area contributed by atoms with Crippen LogP contribution in [-0.2, 0) is 12.8 Å². The van der Waals surface area contributed by atoms with Crippen LogP contribution in [0.25, 0.3) is 33.4 Å². The summed E-state index contributed by atoms with van der Waals surface area (Å²) in [4.78, 5) is 0. The van der Waals surface area contributed by atoms with E-state index in [4.69, 9.17) is 0 Å². The molecule has 0 heteroatoms. The summed E-state index contributed by atoms with van der Waals surface area (Å²) >= 11 is 0. The third kappa shape index (κ3) is 3.68. The van der Waals surface area contributed by atoms with Crippen LogP contribution in [-0.4, -0.2) is 0 Å². The van der Waals surface area contributed by atoms with E-state index in [9.17, 15) is 0 Å². The first kappa shape index (κ1) is 19.8. The molecule has 158 valence electrons. The summed E-state index contributed by atoms with van der Waals surface area (Å²) < 4.78 is 0. The van der Waals surface area contributed by atoms with Crippen LogP contribution >= 0.6 is 0 Å². The Labute approximate surface area is 196 Å². The van der Waals surface area contributed by atoms with E-state index in [2.05, 4.69) is 122 Å². The highest BCUT2D eigenvalue weighted by Gasteiger charge is 2.18. The summed E-state index contributed by atoms with van der Waals surface area (Å²) in [6.07, 6.45) is 1.84. The van der Waals surface area contributed by atoms with Gasteiger partial charge in [0.2, 0.25) is 0 Å². The molecular formula is C33H26. The van der Waals surface area contributed by atoms with Crippen molar-refractivity contribution >= 4 is 0 Å². The molecule has 0 radical (unpaired) electrons. The Morgan fingerprint density at radius 1 is 0.394 bits per heavy atom. The second-order valence-corrected chi connectivity index (χ2v) is 9.06. The molecule has 0 N–H and O–H groups in total. The Morgan fingerprint density at radius 3 is 1.36 bits per heavy atom. The second kappa shape index (κ2) is 8.22. The molecule has 0 aliphatic heterocycles. The largest absolute Gasteiger partial charge is 0.0619 e. The molecule has 0 unspecified atom stereocenters.